The molecule has 194 valence electrons. The summed E-state index contributed by atoms with van der Waals surface area (Å²) in [6.07, 6.45) is -0.0269. The maximum Gasteiger partial charge on any atom is 0.254 e. The molecular formula is C26H28FN5O5. The largest absolute Gasteiger partial charge is 0.482 e. The Kier molecular flexibility index (Phi) is 7.92. The lowest BCUT2D eigenvalue weighted by Crippen LogP contribution is -2.35. The van der Waals surface area contributed by atoms with Gasteiger partial charge in [-0.25, -0.2) is 4.39 Å². The van der Waals surface area contributed by atoms with Crippen LogP contribution in [-0.2, 0) is 0 Å². The van der Waals surface area contributed by atoms with E-state index in [-0.39, 0.29) is 18.1 Å². The second kappa shape index (κ2) is 11.3. The number of aliphatic hydroxyl groups excluding tert-OH is 1. The van der Waals surface area contributed by atoms with Crippen LogP contribution < -0.4 is 10.1 Å². The SMILES string of the molecule is CCC(Oc1ccc(-c2noc(C(C)C)n2)cc1)c1onnc1-c1ccc(C(=O)N[C@@H](C)CO)c(F)c1. The van der Waals surface area contributed by atoms with Crippen molar-refractivity contribution in [3.05, 3.63) is 65.5 Å². The van der Waals surface area contributed by atoms with Gasteiger partial charge >= 0.3 is 0 Å². The fourth-order valence-electron chi connectivity index (χ4n) is 3.56. The molecule has 0 aliphatic rings. The number of hydrogen-bond donors (Lipinski definition) is 2. The van der Waals surface area contributed by atoms with Crippen molar-refractivity contribution in [1.29, 1.82) is 0 Å². The van der Waals surface area contributed by atoms with Crippen LogP contribution in [0.4, 0.5) is 4.39 Å². The van der Waals surface area contributed by atoms with Crippen LogP contribution in [0.2, 0.25) is 0 Å². The molecule has 1 amide bonds. The molecule has 0 saturated carbocycles. The molecule has 2 aromatic carbocycles. The van der Waals surface area contributed by atoms with Gasteiger partial charge in [-0.3, -0.25) is 4.79 Å². The zero-order chi connectivity index (χ0) is 26.5. The molecule has 2 N–H and O–H groups in total. The summed E-state index contributed by atoms with van der Waals surface area (Å²) in [5.74, 6) is 0.740. The minimum atomic E-state index is -0.735. The third kappa shape index (κ3) is 5.83. The van der Waals surface area contributed by atoms with Gasteiger partial charge in [-0.1, -0.05) is 32.0 Å². The van der Waals surface area contributed by atoms with E-state index in [2.05, 4.69) is 25.8 Å². The van der Waals surface area contributed by atoms with Gasteiger partial charge < -0.3 is 24.2 Å². The Morgan fingerprint density at radius 3 is 2.46 bits per heavy atom. The zero-order valence-electron chi connectivity index (χ0n) is 20.9. The lowest BCUT2D eigenvalue weighted by atomic mass is 10.0. The van der Waals surface area contributed by atoms with Gasteiger partial charge in [0.05, 0.1) is 12.2 Å². The first-order chi connectivity index (χ1) is 17.8. The lowest BCUT2D eigenvalue weighted by molar-refractivity contribution is 0.0918. The van der Waals surface area contributed by atoms with Crippen molar-refractivity contribution in [2.45, 2.75) is 52.2 Å². The number of aromatic nitrogens is 4. The van der Waals surface area contributed by atoms with E-state index in [9.17, 15) is 9.18 Å². The Bertz CT molecular complexity index is 1350. The molecule has 1 unspecified atom stereocenters. The number of carbonyl (C=O) groups is 1. The second-order valence-corrected chi connectivity index (χ2v) is 8.89. The second-order valence-electron chi connectivity index (χ2n) is 8.89. The van der Waals surface area contributed by atoms with Crippen LogP contribution in [0.3, 0.4) is 0 Å². The molecule has 0 saturated heterocycles. The maximum atomic E-state index is 14.8. The van der Waals surface area contributed by atoms with Gasteiger partial charge in [0.1, 0.15) is 17.3 Å². The minimum Gasteiger partial charge on any atom is -0.482 e. The zero-order valence-corrected chi connectivity index (χ0v) is 20.9. The maximum absolute atomic E-state index is 14.8. The number of ether oxygens (including phenoxy) is 1. The van der Waals surface area contributed by atoms with Crippen LogP contribution in [0.5, 0.6) is 5.75 Å². The topological polar surface area (TPSA) is 136 Å². The van der Waals surface area contributed by atoms with E-state index < -0.39 is 23.9 Å². The van der Waals surface area contributed by atoms with Crippen LogP contribution >= 0.6 is 0 Å². The van der Waals surface area contributed by atoms with Crippen molar-refractivity contribution >= 4 is 5.91 Å². The first-order valence-electron chi connectivity index (χ1n) is 11.9. The molecule has 10 nitrogen and oxygen atoms in total. The van der Waals surface area contributed by atoms with E-state index in [0.717, 1.165) is 5.56 Å². The average molecular weight is 510 g/mol. The fourth-order valence-corrected chi connectivity index (χ4v) is 3.56. The third-order valence-corrected chi connectivity index (χ3v) is 5.64. The van der Waals surface area contributed by atoms with Gasteiger partial charge in [0.15, 0.2) is 6.10 Å². The van der Waals surface area contributed by atoms with E-state index in [4.69, 9.17) is 18.9 Å². The normalized spacial score (nSPS) is 12.9. The number of carbonyl (C=O) groups excluding carboxylic acids is 1. The van der Waals surface area contributed by atoms with Crippen molar-refractivity contribution in [2.75, 3.05) is 6.61 Å². The average Bonchev–Trinajstić information content (AvgIpc) is 3.58. The van der Waals surface area contributed by atoms with Gasteiger partial charge in [-0.2, -0.15) is 4.98 Å². The Labute approximate surface area is 212 Å². The van der Waals surface area contributed by atoms with Gasteiger partial charge in [0, 0.05) is 28.4 Å². The highest BCUT2D eigenvalue weighted by Crippen LogP contribution is 2.33. The minimum absolute atomic E-state index is 0.135. The number of halogens is 1. The summed E-state index contributed by atoms with van der Waals surface area (Å²) in [7, 11) is 0. The monoisotopic (exact) mass is 509 g/mol. The van der Waals surface area contributed by atoms with E-state index in [1.165, 1.54) is 12.1 Å². The van der Waals surface area contributed by atoms with Gasteiger partial charge in [-0.15, -0.1) is 5.10 Å². The smallest absolute Gasteiger partial charge is 0.254 e. The summed E-state index contributed by atoms with van der Waals surface area (Å²) in [6, 6.07) is 10.8. The van der Waals surface area contributed by atoms with Crippen molar-refractivity contribution in [2.24, 2.45) is 0 Å². The third-order valence-electron chi connectivity index (χ3n) is 5.64. The van der Waals surface area contributed by atoms with E-state index in [1.54, 1.807) is 25.1 Å². The molecule has 0 spiro atoms. The predicted octanol–water partition coefficient (Wildman–Crippen LogP) is 4.69. The molecule has 4 rings (SSSR count). The number of hydrogen-bond acceptors (Lipinski definition) is 9. The van der Waals surface area contributed by atoms with Gasteiger partial charge in [-0.05, 0) is 49.7 Å². The van der Waals surface area contributed by atoms with Crippen LogP contribution in [0.1, 0.15) is 68.1 Å². The number of nitrogens with zero attached hydrogens (tertiary/aromatic N) is 4. The highest BCUT2D eigenvalue weighted by atomic mass is 19.1. The summed E-state index contributed by atoms with van der Waals surface area (Å²) >= 11 is 0. The van der Waals surface area contributed by atoms with Crippen LogP contribution in [0.15, 0.2) is 51.5 Å². The summed E-state index contributed by atoms with van der Waals surface area (Å²) in [6.45, 7) is 7.23. The molecule has 2 heterocycles. The molecule has 4 aromatic rings. The molecule has 0 fully saturated rings. The van der Waals surface area contributed by atoms with E-state index >= 15 is 0 Å². The summed E-state index contributed by atoms with van der Waals surface area (Å²) < 4.78 is 31.6. The van der Waals surface area contributed by atoms with E-state index in [1.807, 2.05) is 32.9 Å². The summed E-state index contributed by atoms with van der Waals surface area (Å²) in [5.41, 5.74) is 1.33. The van der Waals surface area contributed by atoms with Crippen LogP contribution in [0, 0.1) is 5.82 Å². The molecule has 11 heteroatoms. The number of aliphatic hydroxyl groups is 1. The van der Waals surface area contributed by atoms with Crippen molar-refractivity contribution in [3.63, 3.8) is 0 Å². The van der Waals surface area contributed by atoms with Gasteiger partial charge in [0.2, 0.25) is 17.5 Å². The van der Waals surface area contributed by atoms with Gasteiger partial charge in [0.25, 0.3) is 5.91 Å². The highest BCUT2D eigenvalue weighted by Gasteiger charge is 2.25. The molecule has 0 radical (unpaired) electrons. The number of amides is 1. The Hall–Kier alpha value is -4.12. The van der Waals surface area contributed by atoms with E-state index in [0.29, 0.717) is 40.9 Å². The molecule has 0 bridgehead atoms. The Morgan fingerprint density at radius 2 is 1.84 bits per heavy atom. The first kappa shape index (κ1) is 26.0. The summed E-state index contributed by atoms with van der Waals surface area (Å²) in [4.78, 5) is 16.7. The summed E-state index contributed by atoms with van der Waals surface area (Å²) in [5, 5.41) is 23.3. The number of nitrogens with one attached hydrogen (secondary N) is 1. The Balaban J connectivity index is 1.52. The van der Waals surface area contributed by atoms with Crippen LogP contribution in [0.25, 0.3) is 22.6 Å². The van der Waals surface area contributed by atoms with Crippen LogP contribution in [-0.4, -0.2) is 44.2 Å². The first-order valence-corrected chi connectivity index (χ1v) is 11.9. The molecular weight excluding hydrogens is 481 g/mol. The van der Waals surface area contributed by atoms with Crippen molar-refractivity contribution < 1.29 is 28.1 Å². The van der Waals surface area contributed by atoms with Crippen molar-refractivity contribution in [1.82, 2.24) is 25.8 Å². The fraction of sp³-hybridized carbons (Fsp3) is 0.346. The molecule has 2 aromatic heterocycles. The molecule has 37 heavy (non-hydrogen) atoms. The number of rotatable bonds is 10. The molecule has 0 aliphatic heterocycles. The molecule has 0 aliphatic carbocycles. The molecule has 2 atom stereocenters. The standard InChI is InChI=1S/C26H28FN5O5/c1-5-21(35-18-9-6-16(7-10-18)24-29-26(14(2)3)37-31-24)23-22(30-32-36-23)17-8-11-19(20(27)12-17)25(34)28-15(4)13-33/h6-12,14-15,21,33H,5,13H2,1-4H3,(H,28,34)/t15-,21?/m0/s1. The number of benzene rings is 2. The predicted molar refractivity (Wildman–Crippen MR) is 131 cm³/mol. The quantitative estimate of drug-likeness (QED) is 0.312. The van der Waals surface area contributed by atoms with Crippen molar-refractivity contribution in [3.8, 4) is 28.4 Å². The lowest BCUT2D eigenvalue weighted by Gasteiger charge is -2.16. The Morgan fingerprint density at radius 1 is 1.11 bits per heavy atom. The highest BCUT2D eigenvalue weighted by molar-refractivity contribution is 5.95.